The first-order valence-corrected chi connectivity index (χ1v) is 6.90. The fourth-order valence-electron chi connectivity index (χ4n) is 1.44. The number of nitrogens with zero attached hydrogens (tertiary/aromatic N) is 1. The molecule has 0 spiro atoms. The molecule has 0 amide bonds. The van der Waals surface area contributed by atoms with E-state index in [1.807, 2.05) is 13.8 Å². The standard InChI is InChI=1S/C12H18N2O2S/c1-8-4-5-10(12(15)16)11(13-8)14-9(2)6-7-17-3/h4-5,9H,6-7H2,1-3H3,(H,13,14)(H,15,16). The first-order valence-electron chi connectivity index (χ1n) is 5.51. The number of rotatable bonds is 6. The lowest BCUT2D eigenvalue weighted by Crippen LogP contribution is -2.19. The molecule has 2 N–H and O–H groups in total. The predicted octanol–water partition coefficient (Wildman–Crippen LogP) is 2.64. The van der Waals surface area contributed by atoms with Crippen LogP contribution in [0.2, 0.25) is 0 Å². The van der Waals surface area contributed by atoms with Gasteiger partial charge in [-0.15, -0.1) is 0 Å². The van der Waals surface area contributed by atoms with E-state index in [0.29, 0.717) is 5.82 Å². The third-order valence-corrected chi connectivity index (χ3v) is 3.05. The smallest absolute Gasteiger partial charge is 0.339 e. The molecule has 1 aromatic rings. The van der Waals surface area contributed by atoms with Crippen LogP contribution in [0.15, 0.2) is 12.1 Å². The maximum Gasteiger partial charge on any atom is 0.339 e. The third kappa shape index (κ3) is 4.26. The van der Waals surface area contributed by atoms with Gasteiger partial charge in [0.15, 0.2) is 0 Å². The fourth-order valence-corrected chi connectivity index (χ4v) is 2.03. The van der Waals surface area contributed by atoms with Gasteiger partial charge in [0.1, 0.15) is 11.4 Å². The Labute approximate surface area is 106 Å². The van der Waals surface area contributed by atoms with Crippen molar-refractivity contribution in [3.05, 3.63) is 23.4 Å². The van der Waals surface area contributed by atoms with Crippen LogP contribution in [0.3, 0.4) is 0 Å². The zero-order valence-electron chi connectivity index (χ0n) is 10.4. The summed E-state index contributed by atoms with van der Waals surface area (Å²) < 4.78 is 0. The van der Waals surface area contributed by atoms with Gasteiger partial charge in [-0.25, -0.2) is 9.78 Å². The van der Waals surface area contributed by atoms with Gasteiger partial charge in [0, 0.05) is 11.7 Å². The number of aryl methyl sites for hydroxylation is 1. The number of carbonyl (C=O) groups is 1. The average molecular weight is 254 g/mol. The van der Waals surface area contributed by atoms with Gasteiger partial charge >= 0.3 is 5.97 Å². The molecule has 0 bridgehead atoms. The van der Waals surface area contributed by atoms with E-state index < -0.39 is 5.97 Å². The second-order valence-corrected chi connectivity index (χ2v) is 4.97. The van der Waals surface area contributed by atoms with Crippen LogP contribution in [-0.4, -0.2) is 34.1 Å². The van der Waals surface area contributed by atoms with Gasteiger partial charge in [0.2, 0.25) is 0 Å². The van der Waals surface area contributed by atoms with Crippen LogP contribution in [0.25, 0.3) is 0 Å². The molecule has 1 unspecified atom stereocenters. The van der Waals surface area contributed by atoms with E-state index >= 15 is 0 Å². The second-order valence-electron chi connectivity index (χ2n) is 3.98. The predicted molar refractivity (Wildman–Crippen MR) is 72.0 cm³/mol. The molecule has 94 valence electrons. The molecule has 4 nitrogen and oxygen atoms in total. The van der Waals surface area contributed by atoms with Gasteiger partial charge in [-0.05, 0) is 44.4 Å². The molecule has 1 rings (SSSR count). The van der Waals surface area contributed by atoms with Crippen molar-refractivity contribution >= 4 is 23.5 Å². The summed E-state index contributed by atoms with van der Waals surface area (Å²) in [6.45, 7) is 3.88. The summed E-state index contributed by atoms with van der Waals surface area (Å²) in [5, 5.41) is 12.2. The van der Waals surface area contributed by atoms with E-state index in [4.69, 9.17) is 5.11 Å². The van der Waals surface area contributed by atoms with Crippen LogP contribution < -0.4 is 5.32 Å². The summed E-state index contributed by atoms with van der Waals surface area (Å²) in [5.74, 6) is 0.561. The largest absolute Gasteiger partial charge is 0.478 e. The first-order chi connectivity index (χ1) is 8.04. The van der Waals surface area contributed by atoms with Crippen molar-refractivity contribution < 1.29 is 9.90 Å². The number of aromatic carboxylic acids is 1. The van der Waals surface area contributed by atoms with Crippen LogP contribution in [0, 0.1) is 6.92 Å². The zero-order valence-corrected chi connectivity index (χ0v) is 11.2. The number of anilines is 1. The Hall–Kier alpha value is -1.23. The molecule has 0 saturated carbocycles. The van der Waals surface area contributed by atoms with E-state index in [-0.39, 0.29) is 11.6 Å². The molecule has 0 saturated heterocycles. The molecule has 0 aliphatic carbocycles. The van der Waals surface area contributed by atoms with Crippen molar-refractivity contribution in [3.63, 3.8) is 0 Å². The minimum Gasteiger partial charge on any atom is -0.478 e. The van der Waals surface area contributed by atoms with E-state index in [1.54, 1.807) is 23.9 Å². The minimum absolute atomic E-state index is 0.217. The van der Waals surface area contributed by atoms with E-state index in [1.165, 1.54) is 0 Å². The van der Waals surface area contributed by atoms with Crippen LogP contribution in [-0.2, 0) is 0 Å². The summed E-state index contributed by atoms with van der Waals surface area (Å²) in [4.78, 5) is 15.3. The van der Waals surface area contributed by atoms with Gasteiger partial charge in [-0.1, -0.05) is 0 Å². The number of hydrogen-bond donors (Lipinski definition) is 2. The number of hydrogen-bond acceptors (Lipinski definition) is 4. The van der Waals surface area contributed by atoms with Gasteiger partial charge in [0.05, 0.1) is 0 Å². The molecule has 0 aliphatic rings. The Morgan fingerprint density at radius 1 is 1.59 bits per heavy atom. The number of carboxylic acid groups (broad SMARTS) is 1. The average Bonchev–Trinajstić information content (AvgIpc) is 2.26. The van der Waals surface area contributed by atoms with Crippen LogP contribution in [0.5, 0.6) is 0 Å². The SMILES string of the molecule is CSCCC(C)Nc1nc(C)ccc1C(=O)O. The molecule has 1 aromatic heterocycles. The monoisotopic (exact) mass is 254 g/mol. The molecule has 17 heavy (non-hydrogen) atoms. The number of thioether (sulfide) groups is 1. The molecule has 0 aromatic carbocycles. The highest BCUT2D eigenvalue weighted by atomic mass is 32.2. The lowest BCUT2D eigenvalue weighted by molar-refractivity contribution is 0.0697. The quantitative estimate of drug-likeness (QED) is 0.817. The molecular formula is C12H18N2O2S. The van der Waals surface area contributed by atoms with Crippen molar-refractivity contribution in [1.29, 1.82) is 0 Å². The summed E-state index contributed by atoms with van der Waals surface area (Å²) in [5.41, 5.74) is 1.04. The molecule has 0 radical (unpaired) electrons. The number of aromatic nitrogens is 1. The Kier molecular flexibility index (Phi) is 5.28. The molecule has 0 aliphatic heterocycles. The van der Waals surface area contributed by atoms with Crippen molar-refractivity contribution in [2.24, 2.45) is 0 Å². The van der Waals surface area contributed by atoms with Gasteiger partial charge < -0.3 is 10.4 Å². The zero-order chi connectivity index (χ0) is 12.8. The highest BCUT2D eigenvalue weighted by Gasteiger charge is 2.13. The molecule has 0 fully saturated rings. The Morgan fingerprint density at radius 3 is 2.88 bits per heavy atom. The maximum absolute atomic E-state index is 11.0. The van der Waals surface area contributed by atoms with E-state index in [0.717, 1.165) is 17.9 Å². The van der Waals surface area contributed by atoms with Crippen molar-refractivity contribution in [2.45, 2.75) is 26.3 Å². The topological polar surface area (TPSA) is 62.2 Å². The highest BCUT2D eigenvalue weighted by Crippen LogP contribution is 2.15. The number of carboxylic acids is 1. The van der Waals surface area contributed by atoms with Gasteiger partial charge in [-0.3, -0.25) is 0 Å². The molecular weight excluding hydrogens is 236 g/mol. The Morgan fingerprint density at radius 2 is 2.29 bits per heavy atom. The van der Waals surface area contributed by atoms with Crippen LogP contribution in [0.4, 0.5) is 5.82 Å². The lowest BCUT2D eigenvalue weighted by atomic mass is 10.2. The van der Waals surface area contributed by atoms with E-state index in [9.17, 15) is 4.79 Å². The van der Waals surface area contributed by atoms with Gasteiger partial charge in [0.25, 0.3) is 0 Å². The fraction of sp³-hybridized carbons (Fsp3) is 0.500. The van der Waals surface area contributed by atoms with Crippen LogP contribution >= 0.6 is 11.8 Å². The summed E-state index contributed by atoms with van der Waals surface area (Å²) in [6, 6.07) is 3.52. The Bertz CT molecular complexity index is 396. The first kappa shape index (κ1) is 13.8. The molecule has 1 atom stereocenters. The highest BCUT2D eigenvalue weighted by molar-refractivity contribution is 7.98. The minimum atomic E-state index is -0.947. The number of pyridine rings is 1. The number of nitrogens with one attached hydrogen (secondary N) is 1. The van der Waals surface area contributed by atoms with E-state index in [2.05, 4.69) is 16.6 Å². The second kappa shape index (κ2) is 6.49. The third-order valence-electron chi connectivity index (χ3n) is 2.40. The maximum atomic E-state index is 11.0. The summed E-state index contributed by atoms with van der Waals surface area (Å²) in [6.07, 6.45) is 3.04. The normalized spacial score (nSPS) is 12.2. The lowest BCUT2D eigenvalue weighted by Gasteiger charge is -2.15. The van der Waals surface area contributed by atoms with Gasteiger partial charge in [-0.2, -0.15) is 11.8 Å². The van der Waals surface area contributed by atoms with Crippen molar-refractivity contribution in [1.82, 2.24) is 4.98 Å². The van der Waals surface area contributed by atoms with Crippen molar-refractivity contribution in [3.8, 4) is 0 Å². The Balaban J connectivity index is 2.81. The van der Waals surface area contributed by atoms with Crippen LogP contribution in [0.1, 0.15) is 29.4 Å². The van der Waals surface area contributed by atoms with Crippen molar-refractivity contribution in [2.75, 3.05) is 17.3 Å². The summed E-state index contributed by atoms with van der Waals surface area (Å²) >= 11 is 1.78. The molecule has 1 heterocycles. The summed E-state index contributed by atoms with van der Waals surface area (Å²) in [7, 11) is 0. The molecule has 5 heteroatoms.